The van der Waals surface area contributed by atoms with Gasteiger partial charge in [0.25, 0.3) is 0 Å². The molecule has 0 heterocycles. The number of benzene rings is 2. The van der Waals surface area contributed by atoms with Gasteiger partial charge in [-0.1, -0.05) is 60.7 Å². The van der Waals surface area contributed by atoms with Crippen molar-refractivity contribution in [2.24, 2.45) is 0 Å². The van der Waals surface area contributed by atoms with E-state index in [1.807, 2.05) is 0 Å². The maximum atomic E-state index is 3.87. The molecule has 3 rings (SSSR count). The molecule has 1 nitrogen and oxygen atoms in total. The monoisotopic (exact) mass is 293 g/mol. The molecule has 0 aliphatic heterocycles. The van der Waals surface area contributed by atoms with Crippen molar-refractivity contribution in [1.29, 1.82) is 0 Å². The first kappa shape index (κ1) is 15.3. The van der Waals surface area contributed by atoms with Crippen LogP contribution in [0, 0.1) is 0 Å². The van der Waals surface area contributed by atoms with Gasteiger partial charge in [0.05, 0.1) is 0 Å². The minimum Gasteiger partial charge on any atom is -0.309 e. The summed E-state index contributed by atoms with van der Waals surface area (Å²) in [6.45, 7) is 6.81. The van der Waals surface area contributed by atoms with Crippen LogP contribution in [0.15, 0.2) is 60.7 Å². The fourth-order valence-electron chi connectivity index (χ4n) is 3.93. The molecule has 1 fully saturated rings. The molecule has 1 saturated carbocycles. The van der Waals surface area contributed by atoms with E-state index in [1.165, 1.54) is 24.0 Å². The standard InChI is InChI=1S/C21H27N/c1-21(2,3)22-19-15-14-18(16-10-6-4-7-11-16)20(19)17-12-8-5-9-13-17/h4-13,18-20,22H,14-15H2,1-3H3/t18-,19+,20+/m0/s1. The lowest BCUT2D eigenvalue weighted by Gasteiger charge is -2.32. The third kappa shape index (κ3) is 3.41. The third-order valence-corrected chi connectivity index (χ3v) is 4.69. The van der Waals surface area contributed by atoms with E-state index in [2.05, 4.69) is 86.8 Å². The average molecular weight is 293 g/mol. The van der Waals surface area contributed by atoms with Crippen molar-refractivity contribution < 1.29 is 0 Å². The molecular formula is C21H27N. The summed E-state index contributed by atoms with van der Waals surface area (Å²) < 4.78 is 0. The molecule has 3 atom stereocenters. The summed E-state index contributed by atoms with van der Waals surface area (Å²) in [5, 5.41) is 3.87. The van der Waals surface area contributed by atoms with Crippen molar-refractivity contribution in [3.8, 4) is 0 Å². The predicted octanol–water partition coefficient (Wildman–Crippen LogP) is 5.10. The first-order valence-corrected chi connectivity index (χ1v) is 8.42. The van der Waals surface area contributed by atoms with E-state index in [-0.39, 0.29) is 5.54 Å². The summed E-state index contributed by atoms with van der Waals surface area (Å²) in [6.07, 6.45) is 2.51. The van der Waals surface area contributed by atoms with E-state index < -0.39 is 0 Å². The van der Waals surface area contributed by atoms with Gasteiger partial charge in [0, 0.05) is 17.5 Å². The maximum Gasteiger partial charge on any atom is 0.0147 e. The molecule has 1 aliphatic carbocycles. The Morgan fingerprint density at radius 2 is 1.32 bits per heavy atom. The van der Waals surface area contributed by atoms with Crippen LogP contribution in [-0.2, 0) is 0 Å². The number of hydrogen-bond donors (Lipinski definition) is 1. The zero-order valence-corrected chi connectivity index (χ0v) is 13.9. The molecule has 1 aliphatic rings. The second kappa shape index (κ2) is 6.26. The lowest BCUT2D eigenvalue weighted by atomic mass is 9.82. The fraction of sp³-hybridized carbons (Fsp3) is 0.429. The van der Waals surface area contributed by atoms with E-state index in [1.54, 1.807) is 0 Å². The van der Waals surface area contributed by atoms with Gasteiger partial charge in [-0.2, -0.15) is 0 Å². The van der Waals surface area contributed by atoms with Crippen molar-refractivity contribution >= 4 is 0 Å². The first-order valence-electron chi connectivity index (χ1n) is 8.42. The highest BCUT2D eigenvalue weighted by Crippen LogP contribution is 2.46. The highest BCUT2D eigenvalue weighted by atomic mass is 15.0. The molecule has 2 aromatic rings. The number of nitrogens with one attached hydrogen (secondary N) is 1. The topological polar surface area (TPSA) is 12.0 Å². The highest BCUT2D eigenvalue weighted by molar-refractivity contribution is 5.32. The molecule has 0 aromatic heterocycles. The van der Waals surface area contributed by atoms with Crippen molar-refractivity contribution in [3.63, 3.8) is 0 Å². The quantitative estimate of drug-likeness (QED) is 0.829. The third-order valence-electron chi connectivity index (χ3n) is 4.69. The van der Waals surface area contributed by atoms with Crippen LogP contribution in [0.5, 0.6) is 0 Å². The molecule has 0 amide bonds. The molecule has 0 bridgehead atoms. The van der Waals surface area contributed by atoms with Gasteiger partial charge in [-0.15, -0.1) is 0 Å². The van der Waals surface area contributed by atoms with E-state index in [4.69, 9.17) is 0 Å². The fourth-order valence-corrected chi connectivity index (χ4v) is 3.93. The largest absolute Gasteiger partial charge is 0.309 e. The predicted molar refractivity (Wildman–Crippen MR) is 94.3 cm³/mol. The molecule has 1 heteroatoms. The molecule has 22 heavy (non-hydrogen) atoms. The van der Waals surface area contributed by atoms with Crippen LogP contribution < -0.4 is 5.32 Å². The van der Waals surface area contributed by atoms with Crippen LogP contribution in [0.4, 0.5) is 0 Å². The summed E-state index contributed by atoms with van der Waals surface area (Å²) in [4.78, 5) is 0. The molecule has 116 valence electrons. The Morgan fingerprint density at radius 1 is 0.773 bits per heavy atom. The molecular weight excluding hydrogens is 266 g/mol. The van der Waals surface area contributed by atoms with Crippen LogP contribution in [0.2, 0.25) is 0 Å². The second-order valence-corrected chi connectivity index (χ2v) is 7.53. The molecule has 1 N–H and O–H groups in total. The highest BCUT2D eigenvalue weighted by Gasteiger charge is 2.39. The van der Waals surface area contributed by atoms with E-state index in [0.717, 1.165) is 0 Å². The van der Waals surface area contributed by atoms with Crippen LogP contribution in [0.1, 0.15) is 56.6 Å². The van der Waals surface area contributed by atoms with E-state index in [0.29, 0.717) is 17.9 Å². The lowest BCUT2D eigenvalue weighted by molar-refractivity contribution is 0.338. The van der Waals surface area contributed by atoms with Crippen molar-refractivity contribution in [1.82, 2.24) is 5.32 Å². The van der Waals surface area contributed by atoms with Crippen molar-refractivity contribution in [3.05, 3.63) is 71.8 Å². The zero-order valence-electron chi connectivity index (χ0n) is 13.9. The van der Waals surface area contributed by atoms with Gasteiger partial charge < -0.3 is 5.32 Å². The Labute approximate surface area is 134 Å². The summed E-state index contributed by atoms with van der Waals surface area (Å²) >= 11 is 0. The Kier molecular flexibility index (Phi) is 4.35. The van der Waals surface area contributed by atoms with Gasteiger partial charge in [-0.25, -0.2) is 0 Å². The Morgan fingerprint density at radius 3 is 1.86 bits per heavy atom. The van der Waals surface area contributed by atoms with Gasteiger partial charge >= 0.3 is 0 Å². The van der Waals surface area contributed by atoms with E-state index in [9.17, 15) is 0 Å². The smallest absolute Gasteiger partial charge is 0.0147 e. The van der Waals surface area contributed by atoms with E-state index >= 15 is 0 Å². The minimum absolute atomic E-state index is 0.156. The number of hydrogen-bond acceptors (Lipinski definition) is 1. The molecule has 2 aromatic carbocycles. The Balaban J connectivity index is 1.94. The van der Waals surface area contributed by atoms with Gasteiger partial charge in [0.1, 0.15) is 0 Å². The Hall–Kier alpha value is -1.60. The molecule has 0 spiro atoms. The normalized spacial score (nSPS) is 25.3. The summed E-state index contributed by atoms with van der Waals surface area (Å²) in [5.74, 6) is 1.17. The SMILES string of the molecule is CC(C)(C)N[C@@H]1CC[C@@H](c2ccccc2)[C@H]1c1ccccc1. The van der Waals surface area contributed by atoms with Gasteiger partial charge in [0.15, 0.2) is 0 Å². The summed E-state index contributed by atoms with van der Waals surface area (Å²) in [6, 6.07) is 22.6. The Bertz CT molecular complexity index is 582. The lowest BCUT2D eigenvalue weighted by Crippen LogP contribution is -2.45. The summed E-state index contributed by atoms with van der Waals surface area (Å²) in [7, 11) is 0. The molecule has 0 radical (unpaired) electrons. The minimum atomic E-state index is 0.156. The summed E-state index contributed by atoms with van der Waals surface area (Å²) in [5.41, 5.74) is 3.11. The van der Waals surface area contributed by atoms with Crippen LogP contribution >= 0.6 is 0 Å². The zero-order chi connectivity index (χ0) is 15.6. The molecule has 0 unspecified atom stereocenters. The van der Waals surface area contributed by atoms with Crippen molar-refractivity contribution in [2.45, 2.75) is 57.0 Å². The van der Waals surface area contributed by atoms with Gasteiger partial charge in [-0.3, -0.25) is 0 Å². The van der Waals surface area contributed by atoms with Crippen LogP contribution in [0.25, 0.3) is 0 Å². The molecule has 0 saturated heterocycles. The average Bonchev–Trinajstić information content (AvgIpc) is 2.90. The number of rotatable bonds is 3. The maximum absolute atomic E-state index is 3.87. The van der Waals surface area contributed by atoms with Crippen LogP contribution in [0.3, 0.4) is 0 Å². The van der Waals surface area contributed by atoms with Crippen molar-refractivity contribution in [2.75, 3.05) is 0 Å². The van der Waals surface area contributed by atoms with Gasteiger partial charge in [-0.05, 0) is 50.7 Å². The second-order valence-electron chi connectivity index (χ2n) is 7.53. The first-order chi connectivity index (χ1) is 10.5. The van der Waals surface area contributed by atoms with Gasteiger partial charge in [0.2, 0.25) is 0 Å². The van der Waals surface area contributed by atoms with Crippen LogP contribution in [-0.4, -0.2) is 11.6 Å².